The second-order valence-electron chi connectivity index (χ2n) is 6.96. The number of methoxy groups -OCH3 is 2. The van der Waals surface area contributed by atoms with Crippen LogP contribution in [0.1, 0.15) is 0 Å². The Morgan fingerprint density at radius 2 is 1.31 bits per heavy atom. The van der Waals surface area contributed by atoms with Crippen molar-refractivity contribution in [3.8, 4) is 11.5 Å². The molecule has 0 unspecified atom stereocenters. The Morgan fingerprint density at radius 3 is 1.97 bits per heavy atom. The van der Waals surface area contributed by atoms with E-state index in [2.05, 4.69) is 4.90 Å². The molecular formula is C22H24N2O4S. The first-order valence-electron chi connectivity index (χ1n) is 9.48. The number of anilines is 1. The molecule has 1 aliphatic rings. The average molecular weight is 413 g/mol. The molecule has 3 aromatic carbocycles. The maximum atomic E-state index is 13.1. The molecule has 0 bridgehead atoms. The van der Waals surface area contributed by atoms with Gasteiger partial charge in [-0.05, 0) is 59.3 Å². The van der Waals surface area contributed by atoms with Crippen LogP contribution in [0.15, 0.2) is 65.6 Å². The van der Waals surface area contributed by atoms with Crippen molar-refractivity contribution >= 4 is 26.5 Å². The highest BCUT2D eigenvalue weighted by atomic mass is 32.2. The number of rotatable bonds is 5. The van der Waals surface area contributed by atoms with E-state index in [0.29, 0.717) is 31.1 Å². The van der Waals surface area contributed by atoms with Crippen LogP contribution < -0.4 is 14.4 Å². The normalized spacial score (nSPS) is 15.4. The fourth-order valence-corrected chi connectivity index (χ4v) is 5.08. The summed E-state index contributed by atoms with van der Waals surface area (Å²) in [5.74, 6) is 1.56. The van der Waals surface area contributed by atoms with Gasteiger partial charge in [0.25, 0.3) is 0 Å². The minimum atomic E-state index is -3.53. The van der Waals surface area contributed by atoms with E-state index in [1.54, 1.807) is 30.7 Å². The van der Waals surface area contributed by atoms with Gasteiger partial charge in [-0.2, -0.15) is 4.31 Å². The Morgan fingerprint density at radius 1 is 0.724 bits per heavy atom. The van der Waals surface area contributed by atoms with Gasteiger partial charge >= 0.3 is 0 Å². The van der Waals surface area contributed by atoms with Crippen LogP contribution in [0.25, 0.3) is 10.8 Å². The van der Waals surface area contributed by atoms with Crippen molar-refractivity contribution in [3.05, 3.63) is 60.7 Å². The first-order valence-corrected chi connectivity index (χ1v) is 10.9. The van der Waals surface area contributed by atoms with E-state index in [0.717, 1.165) is 28.0 Å². The van der Waals surface area contributed by atoms with Crippen LogP contribution in [0.5, 0.6) is 11.5 Å². The zero-order chi connectivity index (χ0) is 20.4. The highest BCUT2D eigenvalue weighted by Gasteiger charge is 2.28. The summed E-state index contributed by atoms with van der Waals surface area (Å²) in [4.78, 5) is 2.52. The summed E-state index contributed by atoms with van der Waals surface area (Å²) in [6, 6.07) is 18.7. The molecule has 1 fully saturated rings. The highest BCUT2D eigenvalue weighted by Crippen LogP contribution is 2.27. The summed E-state index contributed by atoms with van der Waals surface area (Å²) in [6.45, 7) is 2.21. The molecule has 1 aliphatic heterocycles. The van der Waals surface area contributed by atoms with Crippen molar-refractivity contribution in [3.63, 3.8) is 0 Å². The van der Waals surface area contributed by atoms with Gasteiger partial charge in [-0.3, -0.25) is 0 Å². The molecule has 1 saturated heterocycles. The summed E-state index contributed by atoms with van der Waals surface area (Å²) in [5, 5.41) is 1.83. The van der Waals surface area contributed by atoms with Gasteiger partial charge in [0.1, 0.15) is 11.5 Å². The Hall–Kier alpha value is -2.77. The molecular weight excluding hydrogens is 388 g/mol. The standard InChI is InChI=1S/C22H24N2O4S/c1-27-20-8-5-19(6-9-20)23-11-13-24(14-12-23)29(25,26)22-10-4-17-15-21(28-2)7-3-18(17)16-22/h3-10,15-16H,11-14H2,1-2H3. The smallest absolute Gasteiger partial charge is 0.243 e. The zero-order valence-electron chi connectivity index (χ0n) is 16.5. The van der Waals surface area contributed by atoms with Crippen molar-refractivity contribution in [1.82, 2.24) is 4.31 Å². The predicted octanol–water partition coefficient (Wildman–Crippen LogP) is 3.37. The van der Waals surface area contributed by atoms with Gasteiger partial charge in [-0.15, -0.1) is 0 Å². The Balaban J connectivity index is 1.50. The van der Waals surface area contributed by atoms with E-state index in [4.69, 9.17) is 9.47 Å². The van der Waals surface area contributed by atoms with Gasteiger partial charge in [-0.1, -0.05) is 12.1 Å². The summed E-state index contributed by atoms with van der Waals surface area (Å²) >= 11 is 0. The van der Waals surface area contributed by atoms with Crippen LogP contribution in [0.4, 0.5) is 5.69 Å². The summed E-state index contributed by atoms with van der Waals surface area (Å²) < 4.78 is 38.3. The SMILES string of the molecule is COc1ccc(N2CCN(S(=O)(=O)c3ccc4cc(OC)ccc4c3)CC2)cc1. The first-order chi connectivity index (χ1) is 14.0. The number of ether oxygens (including phenoxy) is 2. The fourth-order valence-electron chi connectivity index (χ4n) is 3.62. The quantitative estimate of drug-likeness (QED) is 0.643. The van der Waals surface area contributed by atoms with E-state index in [-0.39, 0.29) is 0 Å². The summed E-state index contributed by atoms with van der Waals surface area (Å²) in [6.07, 6.45) is 0. The number of hydrogen-bond donors (Lipinski definition) is 0. The molecule has 0 N–H and O–H groups in total. The Kier molecular flexibility index (Phi) is 5.34. The van der Waals surface area contributed by atoms with Crippen LogP contribution in [-0.4, -0.2) is 53.1 Å². The van der Waals surface area contributed by atoms with Crippen LogP contribution in [0.3, 0.4) is 0 Å². The number of benzene rings is 3. The molecule has 0 spiro atoms. The van der Waals surface area contributed by atoms with Gasteiger partial charge in [-0.25, -0.2) is 8.42 Å². The number of piperazine rings is 1. The monoisotopic (exact) mass is 412 g/mol. The molecule has 0 aromatic heterocycles. The minimum absolute atomic E-state index is 0.327. The van der Waals surface area contributed by atoms with E-state index in [1.807, 2.05) is 48.5 Å². The molecule has 0 radical (unpaired) electrons. The molecule has 4 rings (SSSR count). The lowest BCUT2D eigenvalue weighted by atomic mass is 10.1. The Bertz CT molecular complexity index is 1110. The van der Waals surface area contributed by atoms with Gasteiger partial charge in [0.15, 0.2) is 0 Å². The van der Waals surface area contributed by atoms with E-state index < -0.39 is 10.0 Å². The number of fused-ring (bicyclic) bond motifs is 1. The minimum Gasteiger partial charge on any atom is -0.497 e. The zero-order valence-corrected chi connectivity index (χ0v) is 17.4. The van der Waals surface area contributed by atoms with Gasteiger partial charge in [0.05, 0.1) is 19.1 Å². The molecule has 152 valence electrons. The van der Waals surface area contributed by atoms with E-state index >= 15 is 0 Å². The van der Waals surface area contributed by atoms with Crippen molar-refractivity contribution in [2.75, 3.05) is 45.3 Å². The van der Waals surface area contributed by atoms with Crippen molar-refractivity contribution in [2.45, 2.75) is 4.90 Å². The second-order valence-corrected chi connectivity index (χ2v) is 8.90. The number of sulfonamides is 1. The largest absolute Gasteiger partial charge is 0.497 e. The molecule has 1 heterocycles. The van der Waals surface area contributed by atoms with Gasteiger partial charge < -0.3 is 14.4 Å². The maximum absolute atomic E-state index is 13.1. The number of hydrogen-bond acceptors (Lipinski definition) is 5. The fraction of sp³-hybridized carbons (Fsp3) is 0.273. The van der Waals surface area contributed by atoms with Gasteiger partial charge in [0.2, 0.25) is 10.0 Å². The van der Waals surface area contributed by atoms with Crippen LogP contribution in [0.2, 0.25) is 0 Å². The molecule has 29 heavy (non-hydrogen) atoms. The lowest BCUT2D eigenvalue weighted by Crippen LogP contribution is -2.48. The first kappa shape index (κ1) is 19.5. The molecule has 7 heteroatoms. The highest BCUT2D eigenvalue weighted by molar-refractivity contribution is 7.89. The van der Waals surface area contributed by atoms with E-state index in [1.165, 1.54) is 0 Å². The molecule has 0 amide bonds. The molecule has 0 saturated carbocycles. The maximum Gasteiger partial charge on any atom is 0.243 e. The molecule has 3 aromatic rings. The third-order valence-electron chi connectivity index (χ3n) is 5.33. The summed E-state index contributed by atoms with van der Waals surface area (Å²) in [5.41, 5.74) is 1.07. The van der Waals surface area contributed by atoms with Crippen molar-refractivity contribution in [2.24, 2.45) is 0 Å². The van der Waals surface area contributed by atoms with Crippen molar-refractivity contribution in [1.29, 1.82) is 0 Å². The topological polar surface area (TPSA) is 59.1 Å². The van der Waals surface area contributed by atoms with Crippen LogP contribution >= 0.6 is 0 Å². The predicted molar refractivity (Wildman–Crippen MR) is 114 cm³/mol. The van der Waals surface area contributed by atoms with Crippen LogP contribution in [0, 0.1) is 0 Å². The average Bonchev–Trinajstić information content (AvgIpc) is 2.78. The van der Waals surface area contributed by atoms with Gasteiger partial charge in [0, 0.05) is 31.9 Å². The third-order valence-corrected chi connectivity index (χ3v) is 7.23. The van der Waals surface area contributed by atoms with E-state index in [9.17, 15) is 8.42 Å². The molecule has 0 aliphatic carbocycles. The number of nitrogens with zero attached hydrogens (tertiary/aromatic N) is 2. The molecule has 6 nitrogen and oxygen atoms in total. The van der Waals surface area contributed by atoms with Crippen molar-refractivity contribution < 1.29 is 17.9 Å². The second kappa shape index (κ2) is 7.93. The molecule has 0 atom stereocenters. The summed E-state index contributed by atoms with van der Waals surface area (Å²) in [7, 11) is -0.273. The Labute approximate surface area is 171 Å². The van der Waals surface area contributed by atoms with Crippen LogP contribution in [-0.2, 0) is 10.0 Å². The lowest BCUT2D eigenvalue weighted by molar-refractivity contribution is 0.384. The third kappa shape index (κ3) is 3.88. The lowest BCUT2D eigenvalue weighted by Gasteiger charge is -2.35.